The van der Waals surface area contributed by atoms with Crippen LogP contribution in [0.3, 0.4) is 0 Å². The van der Waals surface area contributed by atoms with Crippen LogP contribution >= 0.6 is 0 Å². The van der Waals surface area contributed by atoms with Crippen molar-refractivity contribution in [3.8, 4) is 0 Å². The summed E-state index contributed by atoms with van der Waals surface area (Å²) in [5.74, 6) is 0.689. The van der Waals surface area contributed by atoms with Crippen molar-refractivity contribution in [3.63, 3.8) is 0 Å². The lowest BCUT2D eigenvalue weighted by molar-refractivity contribution is -0.936. The summed E-state index contributed by atoms with van der Waals surface area (Å²) in [6.07, 6.45) is 6.76. The number of piperidine rings is 1. The van der Waals surface area contributed by atoms with E-state index < -0.39 is 0 Å². The molecule has 0 radical (unpaired) electrons. The standard InChI is InChI=1S/C21H24N4O3/c26-20(14-25-15-23-17-8-3-2-7-16(17)21(25)27)22-13-18(19-9-6-12-28-19)24-10-4-1-5-11-24/h2-3,6-9,12,15,18H,1,4-5,10-11,13-14H2,(H,22,26)/p+1/t18-/m1/s1. The minimum Gasteiger partial charge on any atom is -0.463 e. The summed E-state index contributed by atoms with van der Waals surface area (Å²) in [4.78, 5) is 30.8. The Bertz CT molecular complexity index is 990. The lowest BCUT2D eigenvalue weighted by Gasteiger charge is -2.30. The zero-order valence-electron chi connectivity index (χ0n) is 15.8. The lowest BCUT2D eigenvalue weighted by atomic mass is 10.1. The molecule has 1 atom stereocenters. The van der Waals surface area contributed by atoms with E-state index in [1.807, 2.05) is 18.2 Å². The molecule has 1 fully saturated rings. The van der Waals surface area contributed by atoms with Gasteiger partial charge in [0, 0.05) is 0 Å². The third-order valence-electron chi connectivity index (χ3n) is 5.42. The van der Waals surface area contributed by atoms with Gasteiger partial charge in [0.2, 0.25) is 5.91 Å². The number of furan rings is 1. The maximum absolute atomic E-state index is 12.6. The van der Waals surface area contributed by atoms with E-state index in [1.54, 1.807) is 24.5 Å². The SMILES string of the molecule is O=C(Cn1cnc2ccccc2c1=O)NC[C@H](c1ccco1)[NH+]1CCCCC1. The summed E-state index contributed by atoms with van der Waals surface area (Å²) in [6.45, 7) is 2.60. The molecule has 0 bridgehead atoms. The van der Waals surface area contributed by atoms with Crippen LogP contribution in [0.2, 0.25) is 0 Å². The highest BCUT2D eigenvalue weighted by Gasteiger charge is 2.28. The van der Waals surface area contributed by atoms with Crippen LogP contribution in [0.25, 0.3) is 10.9 Å². The number of carbonyl (C=O) groups excluding carboxylic acids is 1. The summed E-state index contributed by atoms with van der Waals surface area (Å²) < 4.78 is 6.98. The fourth-order valence-electron chi connectivity index (χ4n) is 3.94. The average molecular weight is 381 g/mol. The van der Waals surface area contributed by atoms with Crippen LogP contribution in [0, 0.1) is 0 Å². The van der Waals surface area contributed by atoms with Crippen molar-refractivity contribution in [1.82, 2.24) is 14.9 Å². The van der Waals surface area contributed by atoms with E-state index in [2.05, 4.69) is 10.3 Å². The molecule has 0 saturated carbocycles. The van der Waals surface area contributed by atoms with Gasteiger partial charge < -0.3 is 14.6 Å². The van der Waals surface area contributed by atoms with Gasteiger partial charge in [-0.3, -0.25) is 14.2 Å². The highest BCUT2D eigenvalue weighted by molar-refractivity contribution is 5.78. The second-order valence-corrected chi connectivity index (χ2v) is 7.29. The summed E-state index contributed by atoms with van der Waals surface area (Å²) in [5, 5.41) is 3.50. The summed E-state index contributed by atoms with van der Waals surface area (Å²) in [7, 11) is 0. The number of likely N-dealkylation sites (tertiary alicyclic amines) is 1. The summed E-state index contributed by atoms with van der Waals surface area (Å²) >= 11 is 0. The molecular weight excluding hydrogens is 356 g/mol. The largest absolute Gasteiger partial charge is 0.463 e. The first-order valence-corrected chi connectivity index (χ1v) is 9.81. The van der Waals surface area contributed by atoms with Gasteiger partial charge in [0.1, 0.15) is 6.54 Å². The number of hydrogen-bond donors (Lipinski definition) is 2. The van der Waals surface area contributed by atoms with Crippen LogP contribution in [-0.4, -0.2) is 35.1 Å². The van der Waals surface area contributed by atoms with Crippen LogP contribution in [-0.2, 0) is 11.3 Å². The van der Waals surface area contributed by atoms with Crippen molar-refractivity contribution in [3.05, 3.63) is 65.1 Å². The summed E-state index contributed by atoms with van der Waals surface area (Å²) in [6, 6.07) is 11.1. The van der Waals surface area contributed by atoms with Gasteiger partial charge in [-0.2, -0.15) is 0 Å². The number of fused-ring (bicyclic) bond motifs is 1. The molecule has 7 heteroatoms. The van der Waals surface area contributed by atoms with E-state index in [4.69, 9.17) is 4.42 Å². The number of aromatic nitrogens is 2. The van der Waals surface area contributed by atoms with Crippen LogP contribution in [0.4, 0.5) is 0 Å². The average Bonchev–Trinajstić information content (AvgIpc) is 3.26. The monoisotopic (exact) mass is 381 g/mol. The minimum absolute atomic E-state index is 0.0448. The van der Waals surface area contributed by atoms with E-state index in [0.29, 0.717) is 17.4 Å². The fraction of sp³-hybridized carbons (Fsp3) is 0.381. The third kappa shape index (κ3) is 3.99. The molecule has 2 aromatic heterocycles. The first-order chi connectivity index (χ1) is 13.7. The molecule has 4 rings (SSSR count). The van der Waals surface area contributed by atoms with Gasteiger partial charge in [-0.15, -0.1) is 0 Å². The topological polar surface area (TPSA) is 81.6 Å². The first kappa shape index (κ1) is 18.4. The minimum atomic E-state index is -0.204. The molecule has 7 nitrogen and oxygen atoms in total. The van der Waals surface area contributed by atoms with Crippen molar-refractivity contribution in [2.24, 2.45) is 0 Å². The molecule has 1 aliphatic heterocycles. The summed E-state index contributed by atoms with van der Waals surface area (Å²) in [5.41, 5.74) is 0.431. The number of para-hydroxylation sites is 1. The van der Waals surface area contributed by atoms with E-state index in [0.717, 1.165) is 18.8 Å². The maximum atomic E-state index is 12.6. The molecule has 3 heterocycles. The number of benzene rings is 1. The van der Waals surface area contributed by atoms with E-state index >= 15 is 0 Å². The molecule has 1 aromatic carbocycles. The predicted molar refractivity (Wildman–Crippen MR) is 105 cm³/mol. The predicted octanol–water partition coefficient (Wildman–Crippen LogP) is 0.916. The van der Waals surface area contributed by atoms with Gasteiger partial charge in [0.05, 0.1) is 43.1 Å². The molecule has 0 unspecified atom stereocenters. The Morgan fingerprint density at radius 3 is 2.79 bits per heavy atom. The van der Waals surface area contributed by atoms with E-state index in [9.17, 15) is 9.59 Å². The molecule has 146 valence electrons. The van der Waals surface area contributed by atoms with Gasteiger partial charge in [0.25, 0.3) is 5.56 Å². The highest BCUT2D eigenvalue weighted by atomic mass is 16.3. The van der Waals surface area contributed by atoms with Crippen LogP contribution < -0.4 is 15.8 Å². The Morgan fingerprint density at radius 2 is 2.00 bits per heavy atom. The highest BCUT2D eigenvalue weighted by Crippen LogP contribution is 2.11. The zero-order valence-corrected chi connectivity index (χ0v) is 15.8. The van der Waals surface area contributed by atoms with Gasteiger partial charge in [0.15, 0.2) is 11.8 Å². The number of nitrogens with zero attached hydrogens (tertiary/aromatic N) is 2. The molecule has 2 N–H and O–H groups in total. The number of rotatable bonds is 6. The quantitative estimate of drug-likeness (QED) is 0.665. The van der Waals surface area contributed by atoms with Crippen LogP contribution in [0.1, 0.15) is 31.1 Å². The molecule has 0 aliphatic carbocycles. The van der Waals surface area contributed by atoms with Gasteiger partial charge >= 0.3 is 0 Å². The van der Waals surface area contributed by atoms with Crippen molar-refractivity contribution in [1.29, 1.82) is 0 Å². The second kappa shape index (κ2) is 8.39. The Morgan fingerprint density at radius 1 is 1.18 bits per heavy atom. The lowest BCUT2D eigenvalue weighted by Crippen LogP contribution is -3.13. The molecule has 1 aliphatic rings. The van der Waals surface area contributed by atoms with Gasteiger partial charge in [-0.05, 0) is 43.5 Å². The Labute approximate surface area is 163 Å². The molecule has 0 spiro atoms. The molecule has 1 amide bonds. The molecular formula is C21H25N4O3+. The van der Waals surface area contributed by atoms with Crippen molar-refractivity contribution >= 4 is 16.8 Å². The zero-order chi connectivity index (χ0) is 19.3. The molecule has 3 aromatic rings. The third-order valence-corrected chi connectivity index (χ3v) is 5.42. The number of amides is 1. The maximum Gasteiger partial charge on any atom is 0.261 e. The Hall–Kier alpha value is -2.93. The normalized spacial score (nSPS) is 16.1. The number of quaternary nitrogens is 1. The van der Waals surface area contributed by atoms with Crippen molar-refractivity contribution in [2.75, 3.05) is 19.6 Å². The smallest absolute Gasteiger partial charge is 0.261 e. The number of nitrogens with one attached hydrogen (secondary N) is 2. The van der Waals surface area contributed by atoms with Crippen LogP contribution in [0.5, 0.6) is 0 Å². The van der Waals surface area contributed by atoms with Crippen LogP contribution in [0.15, 0.2) is 58.2 Å². The number of carbonyl (C=O) groups is 1. The van der Waals surface area contributed by atoms with E-state index in [1.165, 1.54) is 35.1 Å². The Kier molecular flexibility index (Phi) is 5.53. The first-order valence-electron chi connectivity index (χ1n) is 9.81. The second-order valence-electron chi connectivity index (χ2n) is 7.29. The van der Waals surface area contributed by atoms with Crippen molar-refractivity contribution in [2.45, 2.75) is 31.8 Å². The fourth-order valence-corrected chi connectivity index (χ4v) is 3.94. The van der Waals surface area contributed by atoms with Gasteiger partial charge in [-0.1, -0.05) is 12.1 Å². The van der Waals surface area contributed by atoms with Crippen molar-refractivity contribution < 1.29 is 14.1 Å². The molecule has 1 saturated heterocycles. The Balaban J connectivity index is 1.44. The molecule has 28 heavy (non-hydrogen) atoms. The number of hydrogen-bond acceptors (Lipinski definition) is 4. The van der Waals surface area contributed by atoms with Gasteiger partial charge in [-0.25, -0.2) is 4.98 Å². The van der Waals surface area contributed by atoms with E-state index in [-0.39, 0.29) is 24.1 Å².